The van der Waals surface area contributed by atoms with Crippen LogP contribution in [0.3, 0.4) is 0 Å². The third-order valence-corrected chi connectivity index (χ3v) is 4.88. The summed E-state index contributed by atoms with van der Waals surface area (Å²) in [5.74, 6) is -0.692. The Morgan fingerprint density at radius 1 is 1.17 bits per heavy atom. The molecule has 156 valence electrons. The Bertz CT molecular complexity index is 1070. The highest BCUT2D eigenvalue weighted by atomic mass is 79.9. The second-order valence-electron chi connectivity index (χ2n) is 6.31. The van der Waals surface area contributed by atoms with Crippen LogP contribution in [0.2, 0.25) is 0 Å². The minimum Gasteiger partial charge on any atom is -0.409 e. The lowest BCUT2D eigenvalue weighted by Gasteiger charge is -2.11. The van der Waals surface area contributed by atoms with E-state index >= 15 is 0 Å². The molecule has 0 bridgehead atoms. The maximum atomic E-state index is 13.9. The lowest BCUT2D eigenvalue weighted by molar-refractivity contribution is 0.318. The lowest BCUT2D eigenvalue weighted by atomic mass is 10.1. The Hall–Kier alpha value is -3.27. The molecule has 3 aromatic rings. The molecule has 1 aromatic heterocycles. The Morgan fingerprint density at radius 3 is 2.57 bits per heavy atom. The summed E-state index contributed by atoms with van der Waals surface area (Å²) < 4.78 is 28.2. The second-order valence-corrected chi connectivity index (χ2v) is 7.22. The Kier molecular flexibility index (Phi) is 6.78. The van der Waals surface area contributed by atoms with Gasteiger partial charge in [0.25, 0.3) is 0 Å². The van der Waals surface area contributed by atoms with Crippen molar-refractivity contribution in [2.24, 2.45) is 10.9 Å². The molecular weight excluding hydrogens is 458 g/mol. The van der Waals surface area contributed by atoms with E-state index < -0.39 is 11.6 Å². The SMILES string of the molecule is CNc1cc(-c2cc(NCCc3c(F)cc(Br)cc3F)ncn2)ccc1C(N)=NO. The smallest absolute Gasteiger partial charge is 0.172 e. The molecule has 7 nitrogen and oxygen atoms in total. The van der Waals surface area contributed by atoms with Crippen LogP contribution in [0.4, 0.5) is 20.3 Å². The molecule has 0 unspecified atom stereocenters. The van der Waals surface area contributed by atoms with Crippen LogP contribution in [0.15, 0.2) is 52.4 Å². The normalized spacial score (nSPS) is 11.4. The van der Waals surface area contributed by atoms with Crippen molar-refractivity contribution in [2.45, 2.75) is 6.42 Å². The van der Waals surface area contributed by atoms with Crippen molar-refractivity contribution in [2.75, 3.05) is 24.2 Å². The molecule has 0 saturated heterocycles. The first-order valence-corrected chi connectivity index (χ1v) is 9.71. The van der Waals surface area contributed by atoms with Crippen LogP contribution in [0, 0.1) is 11.6 Å². The highest BCUT2D eigenvalue weighted by molar-refractivity contribution is 9.10. The average molecular weight is 477 g/mol. The summed E-state index contributed by atoms with van der Waals surface area (Å²) in [6.07, 6.45) is 1.55. The molecular formula is C20H19BrF2N6O. The summed E-state index contributed by atoms with van der Waals surface area (Å²) in [4.78, 5) is 8.42. The Balaban J connectivity index is 1.75. The summed E-state index contributed by atoms with van der Waals surface area (Å²) in [5.41, 5.74) is 8.33. The van der Waals surface area contributed by atoms with Crippen molar-refractivity contribution in [1.29, 1.82) is 0 Å². The molecule has 5 N–H and O–H groups in total. The fraction of sp³-hybridized carbons (Fsp3) is 0.150. The van der Waals surface area contributed by atoms with Crippen molar-refractivity contribution < 1.29 is 14.0 Å². The molecule has 0 aliphatic rings. The van der Waals surface area contributed by atoms with Crippen LogP contribution in [0.25, 0.3) is 11.3 Å². The molecule has 3 rings (SSSR count). The number of halogens is 3. The maximum Gasteiger partial charge on any atom is 0.172 e. The average Bonchev–Trinajstić information content (AvgIpc) is 2.74. The van der Waals surface area contributed by atoms with E-state index in [4.69, 9.17) is 10.9 Å². The standard InChI is InChI=1S/C20H19BrF2N6O/c1-25-18-6-11(2-3-14(18)20(24)29-30)17-9-19(28-10-27-17)26-5-4-13-15(22)7-12(21)8-16(13)23/h2-3,6-10,25,30H,4-5H2,1H3,(H2,24,29)(H,26,27,28). The van der Waals surface area contributed by atoms with E-state index in [0.717, 1.165) is 5.56 Å². The lowest BCUT2D eigenvalue weighted by Crippen LogP contribution is -2.15. The summed E-state index contributed by atoms with van der Waals surface area (Å²) in [7, 11) is 1.72. The third-order valence-electron chi connectivity index (χ3n) is 4.42. The highest BCUT2D eigenvalue weighted by Crippen LogP contribution is 2.25. The number of rotatable bonds is 7. The van der Waals surface area contributed by atoms with Gasteiger partial charge in [-0.1, -0.05) is 27.2 Å². The number of nitrogens with two attached hydrogens (primary N) is 1. The van der Waals surface area contributed by atoms with Crippen molar-refractivity contribution in [3.8, 4) is 11.3 Å². The first-order chi connectivity index (χ1) is 14.4. The maximum absolute atomic E-state index is 13.9. The van der Waals surface area contributed by atoms with E-state index in [-0.39, 0.29) is 24.4 Å². The van der Waals surface area contributed by atoms with Gasteiger partial charge in [-0.15, -0.1) is 0 Å². The van der Waals surface area contributed by atoms with E-state index in [9.17, 15) is 8.78 Å². The molecule has 10 heteroatoms. The zero-order valence-electron chi connectivity index (χ0n) is 16.0. The van der Waals surface area contributed by atoms with Gasteiger partial charge in [-0.3, -0.25) is 0 Å². The van der Waals surface area contributed by atoms with E-state index in [1.54, 1.807) is 25.2 Å². The second kappa shape index (κ2) is 9.49. The number of anilines is 2. The van der Waals surface area contributed by atoms with Gasteiger partial charge in [0.05, 0.1) is 5.69 Å². The van der Waals surface area contributed by atoms with Crippen molar-refractivity contribution >= 4 is 33.3 Å². The first-order valence-electron chi connectivity index (χ1n) is 8.92. The quantitative estimate of drug-likeness (QED) is 0.178. The predicted molar refractivity (Wildman–Crippen MR) is 116 cm³/mol. The summed E-state index contributed by atoms with van der Waals surface area (Å²) in [6.45, 7) is 0.288. The monoisotopic (exact) mass is 476 g/mol. The Morgan fingerprint density at radius 2 is 1.90 bits per heavy atom. The molecule has 0 amide bonds. The molecule has 1 heterocycles. The number of oxime groups is 1. The van der Waals surface area contributed by atoms with Gasteiger partial charge in [0.1, 0.15) is 23.8 Å². The molecule has 0 spiro atoms. The van der Waals surface area contributed by atoms with E-state index in [1.165, 1.54) is 18.5 Å². The Labute approximate surface area is 180 Å². The fourth-order valence-corrected chi connectivity index (χ4v) is 3.33. The van der Waals surface area contributed by atoms with Gasteiger partial charge >= 0.3 is 0 Å². The molecule has 2 aromatic carbocycles. The minimum atomic E-state index is -0.600. The van der Waals surface area contributed by atoms with Gasteiger partial charge in [0, 0.05) is 46.5 Å². The fourth-order valence-electron chi connectivity index (χ4n) is 2.93. The number of nitrogens with one attached hydrogen (secondary N) is 2. The number of hydrogen-bond donors (Lipinski definition) is 4. The summed E-state index contributed by atoms with van der Waals surface area (Å²) in [5, 5.41) is 18.0. The molecule has 30 heavy (non-hydrogen) atoms. The van der Waals surface area contributed by atoms with Crippen LogP contribution in [0.1, 0.15) is 11.1 Å². The van der Waals surface area contributed by atoms with Crippen molar-refractivity contribution in [1.82, 2.24) is 9.97 Å². The van der Waals surface area contributed by atoms with Crippen LogP contribution >= 0.6 is 15.9 Å². The topological polar surface area (TPSA) is 108 Å². The summed E-state index contributed by atoms with van der Waals surface area (Å²) >= 11 is 3.07. The highest BCUT2D eigenvalue weighted by Gasteiger charge is 2.12. The predicted octanol–water partition coefficient (Wildman–Crippen LogP) is 3.98. The number of benzene rings is 2. The van der Waals surface area contributed by atoms with Gasteiger partial charge in [0.2, 0.25) is 0 Å². The van der Waals surface area contributed by atoms with Gasteiger partial charge in [-0.2, -0.15) is 0 Å². The number of nitrogens with zero attached hydrogens (tertiary/aromatic N) is 3. The molecule has 0 fully saturated rings. The first kappa shape index (κ1) is 21.4. The van der Waals surface area contributed by atoms with Crippen molar-refractivity contribution in [3.05, 3.63) is 70.0 Å². The third kappa shape index (κ3) is 4.82. The van der Waals surface area contributed by atoms with Gasteiger partial charge < -0.3 is 21.6 Å². The number of hydrogen-bond acceptors (Lipinski definition) is 6. The molecule has 0 aliphatic heterocycles. The molecule has 0 aliphatic carbocycles. The number of aromatic nitrogens is 2. The van der Waals surface area contributed by atoms with Crippen LogP contribution in [0.5, 0.6) is 0 Å². The largest absolute Gasteiger partial charge is 0.409 e. The zero-order chi connectivity index (χ0) is 21.7. The molecule has 0 atom stereocenters. The number of amidine groups is 1. The van der Waals surface area contributed by atoms with Gasteiger partial charge in [0.15, 0.2) is 5.84 Å². The van der Waals surface area contributed by atoms with E-state index in [2.05, 4.69) is 41.7 Å². The van der Waals surface area contributed by atoms with Crippen LogP contribution in [-0.2, 0) is 6.42 Å². The van der Waals surface area contributed by atoms with Crippen LogP contribution < -0.4 is 16.4 Å². The van der Waals surface area contributed by atoms with Crippen molar-refractivity contribution in [3.63, 3.8) is 0 Å². The van der Waals surface area contributed by atoms with E-state index in [1.807, 2.05) is 6.07 Å². The minimum absolute atomic E-state index is 0.0108. The molecule has 0 radical (unpaired) electrons. The van der Waals surface area contributed by atoms with Crippen LogP contribution in [-0.4, -0.2) is 34.6 Å². The van der Waals surface area contributed by atoms with Gasteiger partial charge in [-0.25, -0.2) is 18.7 Å². The molecule has 0 saturated carbocycles. The zero-order valence-corrected chi connectivity index (χ0v) is 17.5. The summed E-state index contributed by atoms with van der Waals surface area (Å²) in [6, 6.07) is 9.51. The van der Waals surface area contributed by atoms with E-state index in [0.29, 0.717) is 27.2 Å². The van der Waals surface area contributed by atoms with Gasteiger partial charge in [-0.05, 0) is 30.7 Å².